The second-order valence-corrected chi connectivity index (χ2v) is 10.5. The Balaban J connectivity index is -0.000000133. The Bertz CT molecular complexity index is 259. The normalized spacial score (nSPS) is 8.67. The molecule has 0 amide bonds. The SMILES string of the molecule is CCC[CH2][Sn+2][CH2]CCC.O=C([O-])CCS.O=C([O-])CCS.OCCCCO. The molecule has 0 aromatic heterocycles. The second kappa shape index (κ2) is 37.2. The minimum atomic E-state index is -1.04. The molecule has 0 saturated heterocycles. The van der Waals surface area contributed by atoms with Crippen molar-refractivity contribution in [1.82, 2.24) is 0 Å². The fourth-order valence-corrected chi connectivity index (χ4v) is 5.66. The average Bonchev–Trinajstić information content (AvgIpc) is 2.61. The van der Waals surface area contributed by atoms with E-state index in [4.69, 9.17) is 10.2 Å². The molecular formula is C18H38O6S2Sn. The fourth-order valence-electron chi connectivity index (χ4n) is 1.13. The smallest absolute Gasteiger partial charge is 0.0431 e. The summed E-state index contributed by atoms with van der Waals surface area (Å²) in [6, 6.07) is 0. The Kier molecular flexibility index (Phi) is 47.9. The average molecular weight is 533 g/mol. The first kappa shape index (κ1) is 34.8. The molecule has 0 aliphatic carbocycles. The summed E-state index contributed by atoms with van der Waals surface area (Å²) >= 11 is 7.43. The van der Waals surface area contributed by atoms with Crippen LogP contribution in [0.2, 0.25) is 8.87 Å². The van der Waals surface area contributed by atoms with Crippen molar-refractivity contribution in [1.29, 1.82) is 0 Å². The van der Waals surface area contributed by atoms with E-state index in [-0.39, 0.29) is 47.2 Å². The molecule has 0 aliphatic heterocycles. The summed E-state index contributed by atoms with van der Waals surface area (Å²) in [4.78, 5) is 18.9. The summed E-state index contributed by atoms with van der Waals surface area (Å²) in [7, 11) is 0. The van der Waals surface area contributed by atoms with E-state index in [0.717, 1.165) is 12.8 Å². The van der Waals surface area contributed by atoms with E-state index in [1.54, 1.807) is 8.87 Å². The van der Waals surface area contributed by atoms with E-state index < -0.39 is 11.9 Å². The molecule has 0 saturated carbocycles. The number of carbonyl (C=O) groups excluding carboxylic acids is 2. The number of aliphatic hydroxyl groups is 2. The maximum Gasteiger partial charge on any atom is 0.0431 e. The van der Waals surface area contributed by atoms with Crippen LogP contribution in [0.3, 0.4) is 0 Å². The van der Waals surface area contributed by atoms with E-state index in [1.807, 2.05) is 0 Å². The molecule has 27 heavy (non-hydrogen) atoms. The van der Waals surface area contributed by atoms with Gasteiger partial charge in [0.05, 0.1) is 0 Å². The first-order chi connectivity index (χ1) is 12.9. The molecule has 6 nitrogen and oxygen atoms in total. The second-order valence-electron chi connectivity index (χ2n) is 5.30. The molecule has 0 aliphatic rings. The van der Waals surface area contributed by atoms with Crippen molar-refractivity contribution < 1.29 is 30.0 Å². The minimum Gasteiger partial charge on any atom is -0.550 e. The summed E-state index contributed by atoms with van der Waals surface area (Å²) < 4.78 is 3.25. The van der Waals surface area contributed by atoms with Crippen molar-refractivity contribution in [2.75, 3.05) is 24.7 Å². The third-order valence-electron chi connectivity index (χ3n) is 2.61. The molecule has 0 rings (SSSR count). The van der Waals surface area contributed by atoms with E-state index in [2.05, 4.69) is 39.1 Å². The van der Waals surface area contributed by atoms with E-state index in [9.17, 15) is 19.8 Å². The van der Waals surface area contributed by atoms with Crippen LogP contribution < -0.4 is 10.2 Å². The van der Waals surface area contributed by atoms with Crippen LogP contribution in [0.4, 0.5) is 0 Å². The van der Waals surface area contributed by atoms with Crippen LogP contribution in [-0.4, -0.2) is 68.0 Å². The molecule has 0 bridgehead atoms. The number of aliphatic hydroxyl groups excluding tert-OH is 2. The molecule has 9 heteroatoms. The first-order valence-corrected chi connectivity index (χ1v) is 14.7. The van der Waals surface area contributed by atoms with Gasteiger partial charge in [0.25, 0.3) is 0 Å². The Hall–Kier alpha value is 0.359. The maximum absolute atomic E-state index is 9.44. The van der Waals surface area contributed by atoms with Gasteiger partial charge in [0.1, 0.15) is 0 Å². The fraction of sp³-hybridized carbons (Fsp3) is 0.889. The molecule has 2 N–H and O–H groups in total. The van der Waals surface area contributed by atoms with Crippen molar-refractivity contribution in [3.05, 3.63) is 0 Å². The molecule has 0 aromatic carbocycles. The first-order valence-electron chi connectivity index (χ1n) is 9.41. The standard InChI is InChI=1S/C4H10O2.2C4H9.2C3H6O2S.Sn/c5-3-1-2-4-6;2*1-3-4-2;2*4-3(5)1-2-6;/h5-6H,1-4H2;2*1,3-4H2,2H3;2*6H,1-2H2,(H,4,5);/q;;;;;+2/p-2. The van der Waals surface area contributed by atoms with Gasteiger partial charge in [0.15, 0.2) is 0 Å². The van der Waals surface area contributed by atoms with Crippen molar-refractivity contribution in [2.45, 2.75) is 74.1 Å². The Morgan fingerprint density at radius 2 is 1.11 bits per heavy atom. The van der Waals surface area contributed by atoms with Gasteiger partial charge < -0.3 is 30.0 Å². The van der Waals surface area contributed by atoms with Gasteiger partial charge in [-0.25, -0.2) is 0 Å². The molecule has 162 valence electrons. The molecule has 0 radical (unpaired) electrons. The molecule has 0 aromatic rings. The molecule has 0 fully saturated rings. The predicted molar refractivity (Wildman–Crippen MR) is 116 cm³/mol. The van der Waals surface area contributed by atoms with Crippen molar-refractivity contribution in [2.24, 2.45) is 0 Å². The zero-order valence-corrected chi connectivity index (χ0v) is 21.5. The number of unbranched alkanes of at least 4 members (excludes halogenated alkanes) is 3. The zero-order chi connectivity index (χ0) is 21.8. The van der Waals surface area contributed by atoms with Gasteiger partial charge in [-0.1, -0.05) is 0 Å². The van der Waals surface area contributed by atoms with Gasteiger partial charge in [-0.2, -0.15) is 25.3 Å². The minimum absolute atomic E-state index is 0.0448. The number of thiol groups is 2. The number of rotatable bonds is 13. The number of carboxylic acid groups (broad SMARTS) is 2. The molecule has 0 atom stereocenters. The summed E-state index contributed by atoms with van der Waals surface area (Å²) in [6.07, 6.45) is 7.37. The Labute approximate surface area is 186 Å². The van der Waals surface area contributed by atoms with Gasteiger partial charge in [0.2, 0.25) is 0 Å². The van der Waals surface area contributed by atoms with E-state index in [0.29, 0.717) is 11.5 Å². The number of aliphatic carboxylic acids is 2. The Morgan fingerprint density at radius 1 is 0.778 bits per heavy atom. The molecule has 0 spiro atoms. The van der Waals surface area contributed by atoms with Crippen molar-refractivity contribution >= 4 is 58.3 Å². The number of hydrogen-bond acceptors (Lipinski definition) is 8. The predicted octanol–water partition coefficient (Wildman–Crippen LogP) is 0.991. The summed E-state index contributed by atoms with van der Waals surface area (Å²) in [6.45, 7) is 4.97. The third kappa shape index (κ3) is 66.3. The van der Waals surface area contributed by atoms with Gasteiger partial charge in [-0.05, 0) is 37.2 Å². The summed E-state index contributed by atoms with van der Waals surface area (Å²) in [5.74, 6) is -1.35. The molecular weight excluding hydrogens is 495 g/mol. The van der Waals surface area contributed by atoms with Crippen molar-refractivity contribution in [3.63, 3.8) is 0 Å². The third-order valence-corrected chi connectivity index (χ3v) is 7.10. The van der Waals surface area contributed by atoms with Crippen LogP contribution >= 0.6 is 25.3 Å². The summed E-state index contributed by atoms with van der Waals surface area (Å²) in [5, 5.41) is 35.1. The van der Waals surface area contributed by atoms with E-state index in [1.165, 1.54) is 25.7 Å². The topological polar surface area (TPSA) is 121 Å². The Morgan fingerprint density at radius 3 is 1.26 bits per heavy atom. The zero-order valence-electron chi connectivity index (χ0n) is 16.8. The van der Waals surface area contributed by atoms with Crippen LogP contribution in [0.25, 0.3) is 0 Å². The van der Waals surface area contributed by atoms with Crippen LogP contribution in [-0.2, 0) is 9.59 Å². The van der Waals surface area contributed by atoms with Gasteiger partial charge >= 0.3 is 69.5 Å². The number of carboxylic acids is 2. The maximum atomic E-state index is 9.44. The van der Waals surface area contributed by atoms with E-state index >= 15 is 0 Å². The van der Waals surface area contributed by atoms with Crippen LogP contribution in [0.1, 0.15) is 65.2 Å². The van der Waals surface area contributed by atoms with Gasteiger partial charge in [-0.3, -0.25) is 0 Å². The van der Waals surface area contributed by atoms with Crippen molar-refractivity contribution in [3.8, 4) is 0 Å². The number of carbonyl (C=O) groups is 2. The summed E-state index contributed by atoms with van der Waals surface area (Å²) in [5.41, 5.74) is 0. The van der Waals surface area contributed by atoms with Crippen LogP contribution in [0.5, 0.6) is 0 Å². The molecule has 0 heterocycles. The van der Waals surface area contributed by atoms with Gasteiger partial charge in [0, 0.05) is 25.2 Å². The van der Waals surface area contributed by atoms with Gasteiger partial charge in [-0.15, -0.1) is 0 Å². The largest absolute Gasteiger partial charge is 0.550 e. The van der Waals surface area contributed by atoms with Crippen LogP contribution in [0, 0.1) is 0 Å². The van der Waals surface area contributed by atoms with Crippen LogP contribution in [0.15, 0.2) is 0 Å². The number of hydrogen-bond donors (Lipinski definition) is 4. The quantitative estimate of drug-likeness (QED) is 0.159. The monoisotopic (exact) mass is 534 g/mol. The molecule has 0 unspecified atom stereocenters.